The summed E-state index contributed by atoms with van der Waals surface area (Å²) in [5.41, 5.74) is 3.24. The van der Waals surface area contributed by atoms with E-state index in [-0.39, 0.29) is 0 Å². The summed E-state index contributed by atoms with van der Waals surface area (Å²) < 4.78 is 0. The van der Waals surface area contributed by atoms with Crippen molar-refractivity contribution in [3.63, 3.8) is 0 Å². The number of hydrogen-bond donors (Lipinski definition) is 0. The third kappa shape index (κ3) is 2.34. The van der Waals surface area contributed by atoms with Gasteiger partial charge in [-0.25, -0.2) is 9.97 Å². The second-order valence-corrected chi connectivity index (χ2v) is 3.66. The molecule has 0 radical (unpaired) electrons. The third-order valence-corrected chi connectivity index (χ3v) is 2.50. The number of hydrogen-bond acceptors (Lipinski definition) is 2. The van der Waals surface area contributed by atoms with Crippen molar-refractivity contribution < 1.29 is 0 Å². The molecule has 0 aliphatic rings. The van der Waals surface area contributed by atoms with Crippen molar-refractivity contribution in [3.05, 3.63) is 47.4 Å². The lowest BCUT2D eigenvalue weighted by molar-refractivity contribution is 1.14. The summed E-state index contributed by atoms with van der Waals surface area (Å²) in [6.07, 6.45) is 2.52. The summed E-state index contributed by atoms with van der Waals surface area (Å²) in [5, 5.41) is 0.472. The third-order valence-electron chi connectivity index (χ3n) is 2.29. The molecule has 1 aromatic carbocycles. The van der Waals surface area contributed by atoms with Crippen molar-refractivity contribution in [2.45, 2.75) is 13.3 Å². The smallest absolute Gasteiger partial charge is 0.133 e. The Bertz CT molecular complexity index is 451. The number of rotatable bonds is 2. The summed E-state index contributed by atoms with van der Waals surface area (Å²) in [6, 6.07) is 10.1. The van der Waals surface area contributed by atoms with E-state index < -0.39 is 0 Å². The van der Waals surface area contributed by atoms with E-state index in [4.69, 9.17) is 11.6 Å². The number of nitrogens with zero attached hydrogens (tertiary/aromatic N) is 2. The molecule has 0 amide bonds. The zero-order chi connectivity index (χ0) is 10.7. The zero-order valence-electron chi connectivity index (χ0n) is 8.44. The molecule has 0 fully saturated rings. The van der Waals surface area contributed by atoms with E-state index in [1.165, 1.54) is 11.9 Å². The molecule has 15 heavy (non-hydrogen) atoms. The fraction of sp³-hybridized carbons (Fsp3) is 0.167. The molecule has 1 heterocycles. The average molecular weight is 219 g/mol. The fourth-order valence-electron chi connectivity index (χ4n) is 1.40. The normalized spacial score (nSPS) is 10.3. The van der Waals surface area contributed by atoms with Crippen LogP contribution in [-0.2, 0) is 6.42 Å². The summed E-state index contributed by atoms with van der Waals surface area (Å²) in [5.74, 6) is 0. The van der Waals surface area contributed by atoms with Gasteiger partial charge in [0, 0.05) is 11.6 Å². The molecule has 0 aliphatic carbocycles. The molecular formula is C12H11ClN2. The van der Waals surface area contributed by atoms with Gasteiger partial charge in [-0.05, 0) is 12.0 Å². The second-order valence-electron chi connectivity index (χ2n) is 3.28. The Labute approximate surface area is 94.0 Å². The highest BCUT2D eigenvalue weighted by Gasteiger charge is 2.00. The maximum atomic E-state index is 5.80. The molecule has 2 aromatic rings. The maximum Gasteiger partial charge on any atom is 0.133 e. The molecule has 2 nitrogen and oxygen atoms in total. The van der Waals surface area contributed by atoms with Gasteiger partial charge in [-0.3, -0.25) is 0 Å². The van der Waals surface area contributed by atoms with Gasteiger partial charge in [-0.1, -0.05) is 42.8 Å². The Morgan fingerprint density at radius 2 is 1.87 bits per heavy atom. The summed E-state index contributed by atoms with van der Waals surface area (Å²) in [6.45, 7) is 2.14. The lowest BCUT2D eigenvalue weighted by atomic mass is 10.1. The predicted octanol–water partition coefficient (Wildman–Crippen LogP) is 3.36. The van der Waals surface area contributed by atoms with Gasteiger partial charge in [0.15, 0.2) is 0 Å². The summed E-state index contributed by atoms with van der Waals surface area (Å²) >= 11 is 5.80. The highest BCUT2D eigenvalue weighted by molar-refractivity contribution is 6.29. The minimum Gasteiger partial charge on any atom is -0.236 e. The minimum atomic E-state index is 0.472. The largest absolute Gasteiger partial charge is 0.236 e. The van der Waals surface area contributed by atoms with Gasteiger partial charge in [0.1, 0.15) is 11.5 Å². The van der Waals surface area contributed by atoms with Gasteiger partial charge in [0.25, 0.3) is 0 Å². The van der Waals surface area contributed by atoms with Crippen molar-refractivity contribution in [1.29, 1.82) is 0 Å². The van der Waals surface area contributed by atoms with Crippen molar-refractivity contribution in [2.24, 2.45) is 0 Å². The lowest BCUT2D eigenvalue weighted by Gasteiger charge is -2.01. The first-order valence-corrected chi connectivity index (χ1v) is 5.24. The molecule has 0 atom stereocenters. The van der Waals surface area contributed by atoms with Crippen molar-refractivity contribution in [1.82, 2.24) is 9.97 Å². The van der Waals surface area contributed by atoms with E-state index >= 15 is 0 Å². The first kappa shape index (κ1) is 10.1. The molecule has 76 valence electrons. The molecule has 2 rings (SSSR count). The first-order valence-electron chi connectivity index (χ1n) is 4.86. The van der Waals surface area contributed by atoms with Crippen molar-refractivity contribution in [3.8, 4) is 11.3 Å². The predicted molar refractivity (Wildman–Crippen MR) is 61.9 cm³/mol. The van der Waals surface area contributed by atoms with Gasteiger partial charge < -0.3 is 0 Å². The van der Waals surface area contributed by atoms with Gasteiger partial charge >= 0.3 is 0 Å². The second kappa shape index (κ2) is 4.41. The SMILES string of the molecule is CCc1ccc(-c2cc(Cl)ncn2)cc1. The fourth-order valence-corrected chi connectivity index (χ4v) is 1.55. The van der Waals surface area contributed by atoms with E-state index in [2.05, 4.69) is 41.2 Å². The molecule has 0 N–H and O–H groups in total. The molecule has 3 heteroatoms. The Hall–Kier alpha value is -1.41. The number of aromatic nitrogens is 2. The van der Waals surface area contributed by atoms with Crippen LogP contribution in [0.3, 0.4) is 0 Å². The summed E-state index contributed by atoms with van der Waals surface area (Å²) in [7, 11) is 0. The molecule has 0 unspecified atom stereocenters. The minimum absolute atomic E-state index is 0.472. The standard InChI is InChI=1S/C12H11ClN2/c1-2-9-3-5-10(6-4-9)11-7-12(13)15-8-14-11/h3-8H,2H2,1H3. The Morgan fingerprint density at radius 3 is 2.47 bits per heavy atom. The van der Waals surface area contributed by atoms with Gasteiger partial charge in [0.2, 0.25) is 0 Å². The molecule has 0 saturated carbocycles. The first-order chi connectivity index (χ1) is 7.29. The van der Waals surface area contributed by atoms with E-state index in [1.54, 1.807) is 6.07 Å². The van der Waals surface area contributed by atoms with Crippen LogP contribution in [0.25, 0.3) is 11.3 Å². The van der Waals surface area contributed by atoms with Gasteiger partial charge in [0.05, 0.1) is 5.69 Å². The Kier molecular flexibility index (Phi) is 2.97. The van der Waals surface area contributed by atoms with Crippen molar-refractivity contribution >= 4 is 11.6 Å². The van der Waals surface area contributed by atoms with Crippen LogP contribution in [0.15, 0.2) is 36.7 Å². The van der Waals surface area contributed by atoms with Crippen molar-refractivity contribution in [2.75, 3.05) is 0 Å². The topological polar surface area (TPSA) is 25.8 Å². The van der Waals surface area contributed by atoms with Crippen LogP contribution in [0, 0.1) is 0 Å². The van der Waals surface area contributed by atoms with Crippen LogP contribution in [0.1, 0.15) is 12.5 Å². The monoisotopic (exact) mass is 218 g/mol. The van der Waals surface area contributed by atoms with E-state index in [0.717, 1.165) is 17.7 Å². The molecule has 0 spiro atoms. The number of halogens is 1. The van der Waals surface area contributed by atoms with Crippen LogP contribution in [0.4, 0.5) is 0 Å². The highest BCUT2D eigenvalue weighted by Crippen LogP contribution is 2.19. The lowest BCUT2D eigenvalue weighted by Crippen LogP contribution is -1.86. The van der Waals surface area contributed by atoms with E-state index in [9.17, 15) is 0 Å². The van der Waals surface area contributed by atoms with Gasteiger partial charge in [-0.15, -0.1) is 0 Å². The van der Waals surface area contributed by atoms with Crippen LogP contribution in [0.5, 0.6) is 0 Å². The summed E-state index contributed by atoms with van der Waals surface area (Å²) in [4.78, 5) is 8.02. The quantitative estimate of drug-likeness (QED) is 0.723. The maximum absolute atomic E-state index is 5.80. The molecule has 1 aromatic heterocycles. The van der Waals surface area contributed by atoms with Crippen LogP contribution in [-0.4, -0.2) is 9.97 Å². The Balaban J connectivity index is 2.37. The molecule has 0 bridgehead atoms. The van der Waals surface area contributed by atoms with Crippen LogP contribution < -0.4 is 0 Å². The zero-order valence-corrected chi connectivity index (χ0v) is 9.20. The van der Waals surface area contributed by atoms with E-state index in [0.29, 0.717) is 5.15 Å². The highest BCUT2D eigenvalue weighted by atomic mass is 35.5. The number of benzene rings is 1. The molecule has 0 saturated heterocycles. The Morgan fingerprint density at radius 1 is 1.13 bits per heavy atom. The van der Waals surface area contributed by atoms with Gasteiger partial charge in [-0.2, -0.15) is 0 Å². The van der Waals surface area contributed by atoms with Crippen LogP contribution >= 0.6 is 11.6 Å². The molecular weight excluding hydrogens is 208 g/mol. The van der Waals surface area contributed by atoms with Crippen LogP contribution in [0.2, 0.25) is 5.15 Å². The van der Waals surface area contributed by atoms with E-state index in [1.807, 2.05) is 0 Å². The number of aryl methyl sites for hydroxylation is 1. The average Bonchev–Trinajstić information content (AvgIpc) is 2.29. The molecule has 0 aliphatic heterocycles.